The fourth-order valence-electron chi connectivity index (χ4n) is 2.47. The van der Waals surface area contributed by atoms with Crippen LogP contribution in [0.1, 0.15) is 61.3 Å². The van der Waals surface area contributed by atoms with Crippen LogP contribution in [0.25, 0.3) is 0 Å². The first-order valence-corrected chi connectivity index (χ1v) is 8.53. The molecule has 1 fully saturated rings. The third-order valence-electron chi connectivity index (χ3n) is 3.64. The molecular weight excluding hydrogens is 312 g/mol. The highest BCUT2D eigenvalue weighted by Crippen LogP contribution is 2.18. The maximum Gasteiger partial charge on any atom is 0.410 e. The predicted octanol–water partition coefficient (Wildman–Crippen LogP) is 3.32. The van der Waals surface area contributed by atoms with E-state index >= 15 is 0 Å². The lowest BCUT2D eigenvalue weighted by molar-refractivity contribution is -0.725. The maximum absolute atomic E-state index is 12.1. The summed E-state index contributed by atoms with van der Waals surface area (Å²) in [6.45, 7) is 14.9. The Labute approximate surface area is 144 Å². The van der Waals surface area contributed by atoms with Crippen molar-refractivity contribution < 1.29 is 19.3 Å². The molecule has 0 aliphatic carbocycles. The van der Waals surface area contributed by atoms with Crippen molar-refractivity contribution in [3.05, 3.63) is 5.21 Å². The Hall–Kier alpha value is -1.73. The van der Waals surface area contributed by atoms with E-state index in [4.69, 9.17) is 9.57 Å². The van der Waals surface area contributed by atoms with E-state index in [1.165, 1.54) is 0 Å². The minimum Gasteiger partial charge on any atom is -0.569 e. The molecule has 1 amide bonds. The molecule has 1 aliphatic rings. The van der Waals surface area contributed by atoms with Gasteiger partial charge in [-0.3, -0.25) is 0 Å². The van der Waals surface area contributed by atoms with E-state index in [9.17, 15) is 10.0 Å². The molecule has 0 saturated carbocycles. The van der Waals surface area contributed by atoms with Crippen molar-refractivity contribution in [1.29, 1.82) is 0 Å². The van der Waals surface area contributed by atoms with E-state index in [0.29, 0.717) is 37.4 Å². The van der Waals surface area contributed by atoms with Crippen LogP contribution in [0.3, 0.4) is 0 Å². The molecule has 0 N–H and O–H groups in total. The fourth-order valence-corrected chi connectivity index (χ4v) is 2.47. The summed E-state index contributed by atoms with van der Waals surface area (Å²) in [5.74, 6) is 0. The molecule has 0 unspecified atom stereocenters. The van der Waals surface area contributed by atoms with Gasteiger partial charge in [0.25, 0.3) is 0 Å². The summed E-state index contributed by atoms with van der Waals surface area (Å²) < 4.78 is 5.35. The minimum atomic E-state index is -0.501. The van der Waals surface area contributed by atoms with Crippen molar-refractivity contribution in [1.82, 2.24) is 9.91 Å². The first kappa shape index (κ1) is 20.3. The number of piperidine rings is 1. The van der Waals surface area contributed by atoms with Crippen molar-refractivity contribution in [3.8, 4) is 0 Å². The summed E-state index contributed by atoms with van der Waals surface area (Å²) in [7, 11) is 0. The van der Waals surface area contributed by atoms with Crippen LogP contribution < -0.4 is 0 Å². The first-order chi connectivity index (χ1) is 10.9. The molecule has 0 atom stereocenters. The van der Waals surface area contributed by atoms with Crippen molar-refractivity contribution in [2.45, 2.75) is 78.6 Å². The standard InChI is InChI=1S/C16H32N4O4/c1-8-19(15(2,3)4)20(22)17-24-13-9-11-18(12-10-13)14(21)23-16(5,6)7/h13H,8-12H2,1-7H3/b20-17-. The van der Waals surface area contributed by atoms with Crippen LogP contribution in [0.15, 0.2) is 5.28 Å². The molecular formula is C16H32N4O4. The molecule has 0 aromatic carbocycles. The Morgan fingerprint density at radius 1 is 1.25 bits per heavy atom. The zero-order valence-electron chi connectivity index (χ0n) is 16.0. The molecule has 0 aromatic heterocycles. The van der Waals surface area contributed by atoms with E-state index in [-0.39, 0.29) is 17.7 Å². The monoisotopic (exact) mass is 344 g/mol. The van der Waals surface area contributed by atoms with Gasteiger partial charge in [-0.05, 0) is 48.5 Å². The average Bonchev–Trinajstić information content (AvgIpc) is 2.43. The molecule has 1 rings (SSSR count). The summed E-state index contributed by atoms with van der Waals surface area (Å²) in [4.78, 5) is 19.5. The Bertz CT molecular complexity index is 446. The first-order valence-electron chi connectivity index (χ1n) is 8.53. The highest BCUT2D eigenvalue weighted by molar-refractivity contribution is 5.68. The van der Waals surface area contributed by atoms with E-state index in [1.807, 2.05) is 48.5 Å². The zero-order valence-corrected chi connectivity index (χ0v) is 16.0. The number of carbonyl (C=O) groups excluding carboxylic acids is 1. The molecule has 1 heterocycles. The Morgan fingerprint density at radius 2 is 1.79 bits per heavy atom. The summed E-state index contributed by atoms with van der Waals surface area (Å²) in [6, 6.07) is 0. The van der Waals surface area contributed by atoms with Gasteiger partial charge in [0.05, 0.1) is 17.1 Å². The summed E-state index contributed by atoms with van der Waals surface area (Å²) in [5, 5.41) is 17.3. The second-order valence-electron chi connectivity index (χ2n) is 7.99. The minimum absolute atomic E-state index is 0.168. The lowest BCUT2D eigenvalue weighted by atomic mass is 10.1. The molecule has 0 bridgehead atoms. The highest BCUT2D eigenvalue weighted by atomic mass is 16.7. The molecule has 140 valence electrons. The normalized spacial score (nSPS) is 17.6. The van der Waals surface area contributed by atoms with E-state index in [2.05, 4.69) is 5.28 Å². The third kappa shape index (κ3) is 6.41. The Morgan fingerprint density at radius 3 is 2.21 bits per heavy atom. The van der Waals surface area contributed by atoms with Gasteiger partial charge in [0.2, 0.25) is 5.28 Å². The number of likely N-dealkylation sites (tertiary alicyclic amines) is 1. The maximum atomic E-state index is 12.1. The smallest absolute Gasteiger partial charge is 0.410 e. The van der Waals surface area contributed by atoms with Crippen LogP contribution in [0, 0.1) is 5.21 Å². The lowest BCUT2D eigenvalue weighted by Crippen LogP contribution is -2.46. The molecule has 0 aromatic rings. The Kier molecular flexibility index (Phi) is 6.68. The van der Waals surface area contributed by atoms with Crippen LogP contribution in [0.5, 0.6) is 0 Å². The van der Waals surface area contributed by atoms with Crippen molar-refractivity contribution in [2.24, 2.45) is 5.28 Å². The number of amides is 1. The van der Waals surface area contributed by atoms with Crippen molar-refractivity contribution >= 4 is 6.09 Å². The number of rotatable bonds is 4. The lowest BCUT2D eigenvalue weighted by Gasteiger charge is -2.32. The van der Waals surface area contributed by atoms with Crippen LogP contribution in [0.4, 0.5) is 4.79 Å². The highest BCUT2D eigenvalue weighted by Gasteiger charge is 2.30. The van der Waals surface area contributed by atoms with Gasteiger partial charge in [-0.15, -0.1) is 5.01 Å². The van der Waals surface area contributed by atoms with Gasteiger partial charge in [0, 0.05) is 25.9 Å². The summed E-state index contributed by atoms with van der Waals surface area (Å²) in [6.07, 6.45) is 0.767. The topological polar surface area (TPSA) is 80.4 Å². The molecule has 1 saturated heterocycles. The quantitative estimate of drug-likeness (QED) is 0.444. The number of hydrogen-bond acceptors (Lipinski definition) is 5. The van der Waals surface area contributed by atoms with Gasteiger partial charge in [-0.2, -0.15) is 0 Å². The number of carbonyl (C=O) groups is 1. The summed E-state index contributed by atoms with van der Waals surface area (Å²) >= 11 is 0. The third-order valence-corrected chi connectivity index (χ3v) is 3.64. The van der Waals surface area contributed by atoms with Gasteiger partial charge < -0.3 is 19.7 Å². The van der Waals surface area contributed by atoms with E-state index in [0.717, 1.165) is 0 Å². The van der Waals surface area contributed by atoms with Crippen LogP contribution in [-0.4, -0.2) is 57.8 Å². The average molecular weight is 344 g/mol. The van der Waals surface area contributed by atoms with Gasteiger partial charge in [0.15, 0.2) is 0 Å². The number of hydrogen-bond donors (Lipinski definition) is 0. The van der Waals surface area contributed by atoms with E-state index in [1.54, 1.807) is 9.91 Å². The molecule has 0 radical (unpaired) electrons. The Balaban J connectivity index is 2.49. The molecule has 24 heavy (non-hydrogen) atoms. The van der Waals surface area contributed by atoms with Gasteiger partial charge in [-0.25, -0.2) is 4.79 Å². The van der Waals surface area contributed by atoms with Crippen LogP contribution in [-0.2, 0) is 9.57 Å². The van der Waals surface area contributed by atoms with Crippen LogP contribution in [0.2, 0.25) is 0 Å². The zero-order chi connectivity index (χ0) is 18.5. The second-order valence-corrected chi connectivity index (χ2v) is 7.99. The van der Waals surface area contributed by atoms with Crippen LogP contribution >= 0.6 is 0 Å². The SMILES string of the molecule is CCN(/[N+]([O-])=N/OC1CCN(C(=O)OC(C)(C)C)CC1)C(C)(C)C. The molecule has 0 spiro atoms. The largest absolute Gasteiger partial charge is 0.569 e. The molecule has 8 nitrogen and oxygen atoms in total. The second kappa shape index (κ2) is 7.90. The van der Waals surface area contributed by atoms with Gasteiger partial charge in [-0.1, -0.05) is 0 Å². The predicted molar refractivity (Wildman–Crippen MR) is 90.1 cm³/mol. The summed E-state index contributed by atoms with van der Waals surface area (Å²) in [5.41, 5.74) is -0.831. The molecule has 1 aliphatic heterocycles. The van der Waals surface area contributed by atoms with Gasteiger partial charge in [0.1, 0.15) is 11.7 Å². The molecule has 8 heteroatoms. The van der Waals surface area contributed by atoms with Gasteiger partial charge >= 0.3 is 6.09 Å². The number of nitrogens with zero attached hydrogens (tertiary/aromatic N) is 4. The van der Waals surface area contributed by atoms with Crippen molar-refractivity contribution in [2.75, 3.05) is 19.6 Å². The number of ether oxygens (including phenoxy) is 1. The van der Waals surface area contributed by atoms with Crippen molar-refractivity contribution in [3.63, 3.8) is 0 Å². The van der Waals surface area contributed by atoms with E-state index < -0.39 is 5.60 Å². The number of hydrazine groups is 1. The fraction of sp³-hybridized carbons (Fsp3) is 0.938.